The molecule has 2 aromatic rings. The highest BCUT2D eigenvalue weighted by Crippen LogP contribution is 2.44. The number of fused-ring (bicyclic) bond motifs is 1. The van der Waals surface area contributed by atoms with E-state index in [0.29, 0.717) is 11.7 Å². The van der Waals surface area contributed by atoms with E-state index < -0.39 is 11.7 Å². The average molecular weight is 288 g/mol. The Morgan fingerprint density at radius 2 is 2.05 bits per heavy atom. The molecule has 3 heteroatoms. The minimum absolute atomic E-state index is 0.506. The van der Waals surface area contributed by atoms with Crippen molar-refractivity contribution in [3.63, 3.8) is 0 Å². The van der Waals surface area contributed by atoms with Gasteiger partial charge >= 0.3 is 0 Å². The first-order valence-electron chi connectivity index (χ1n) is 7.78. The fourth-order valence-electron chi connectivity index (χ4n) is 3.46. The van der Waals surface area contributed by atoms with E-state index in [-0.39, 0.29) is 0 Å². The van der Waals surface area contributed by atoms with Crippen molar-refractivity contribution in [2.45, 2.75) is 51.2 Å². The number of ether oxygens (including phenoxy) is 1. The number of methoxy groups -OCH3 is 1. The van der Waals surface area contributed by atoms with Crippen molar-refractivity contribution in [2.75, 3.05) is 7.11 Å². The fraction of sp³-hybridized carbons (Fsp3) is 0.556. The number of benzene rings is 1. The first kappa shape index (κ1) is 14.6. The second-order valence-corrected chi connectivity index (χ2v) is 6.50. The molecule has 3 rings (SSSR count). The molecule has 0 spiro atoms. The minimum atomic E-state index is -0.707. The molecule has 1 aromatic carbocycles. The quantitative estimate of drug-likeness (QED) is 0.912. The Morgan fingerprint density at radius 1 is 1.33 bits per heavy atom. The zero-order valence-electron chi connectivity index (χ0n) is 13.1. The van der Waals surface area contributed by atoms with E-state index in [1.54, 1.807) is 7.11 Å². The van der Waals surface area contributed by atoms with E-state index in [9.17, 15) is 5.11 Å². The first-order chi connectivity index (χ1) is 10.1. The van der Waals surface area contributed by atoms with Crippen LogP contribution in [0.4, 0.5) is 0 Å². The van der Waals surface area contributed by atoms with Gasteiger partial charge in [-0.2, -0.15) is 0 Å². The normalized spacial score (nSPS) is 27.9. The fourth-order valence-corrected chi connectivity index (χ4v) is 3.46. The Labute approximate surface area is 125 Å². The van der Waals surface area contributed by atoms with Gasteiger partial charge in [-0.05, 0) is 50.2 Å². The summed E-state index contributed by atoms with van der Waals surface area (Å²) in [4.78, 5) is 0. The van der Waals surface area contributed by atoms with Crippen LogP contribution in [-0.4, -0.2) is 17.8 Å². The molecule has 1 unspecified atom stereocenters. The molecule has 1 fully saturated rings. The third-order valence-corrected chi connectivity index (χ3v) is 5.06. The van der Waals surface area contributed by atoms with E-state index in [1.807, 2.05) is 31.2 Å². The largest absolute Gasteiger partial charge is 0.458 e. The first-order valence-corrected chi connectivity index (χ1v) is 7.78. The van der Waals surface area contributed by atoms with Crippen molar-refractivity contribution < 1.29 is 14.3 Å². The van der Waals surface area contributed by atoms with Crippen LogP contribution in [0.3, 0.4) is 0 Å². The third kappa shape index (κ3) is 2.49. The van der Waals surface area contributed by atoms with Gasteiger partial charge in [-0.3, -0.25) is 0 Å². The predicted octanol–water partition coefficient (Wildman–Crippen LogP) is 4.37. The smallest absolute Gasteiger partial charge is 0.140 e. The molecule has 114 valence electrons. The molecule has 1 N–H and O–H groups in total. The summed E-state index contributed by atoms with van der Waals surface area (Å²) in [6, 6.07) is 8.00. The van der Waals surface area contributed by atoms with Crippen molar-refractivity contribution in [1.82, 2.24) is 0 Å². The summed E-state index contributed by atoms with van der Waals surface area (Å²) in [5, 5.41) is 11.9. The van der Waals surface area contributed by atoms with Gasteiger partial charge in [-0.1, -0.05) is 25.1 Å². The van der Waals surface area contributed by atoms with Crippen LogP contribution in [0.5, 0.6) is 0 Å². The maximum atomic E-state index is 10.9. The summed E-state index contributed by atoms with van der Waals surface area (Å²) in [5.41, 5.74) is 1.45. The number of hydrogen-bond donors (Lipinski definition) is 1. The maximum Gasteiger partial charge on any atom is 0.140 e. The Bertz CT molecular complexity index is 620. The molecule has 0 aliphatic heterocycles. The molecule has 1 aliphatic rings. The molecule has 0 radical (unpaired) electrons. The zero-order chi connectivity index (χ0) is 15.0. The predicted molar refractivity (Wildman–Crippen MR) is 83.3 cm³/mol. The molecule has 3 nitrogen and oxygen atoms in total. The van der Waals surface area contributed by atoms with Crippen LogP contribution in [-0.2, 0) is 4.74 Å². The SMILES string of the molecule is COC1(C(O)c2cc3cccc(C)c3o2)CCC(C)CC1. The molecule has 1 saturated carbocycles. The standard InChI is InChI=1S/C18H24O3/c1-12-7-9-18(20-3,10-8-12)17(19)15-11-14-6-4-5-13(2)16(14)21-15/h4-6,11-12,17,19H,7-10H2,1-3H3. The second kappa shape index (κ2) is 5.47. The Morgan fingerprint density at radius 3 is 2.67 bits per heavy atom. The molecule has 1 aromatic heterocycles. The van der Waals surface area contributed by atoms with Crippen LogP contribution in [0.15, 0.2) is 28.7 Å². The molecular formula is C18H24O3. The molecule has 0 amide bonds. The number of hydrogen-bond acceptors (Lipinski definition) is 3. The highest BCUT2D eigenvalue weighted by Gasteiger charge is 2.43. The van der Waals surface area contributed by atoms with E-state index in [0.717, 1.165) is 42.2 Å². The van der Waals surface area contributed by atoms with E-state index in [1.165, 1.54) is 0 Å². The number of aliphatic hydroxyl groups is 1. The highest BCUT2D eigenvalue weighted by molar-refractivity contribution is 5.81. The lowest BCUT2D eigenvalue weighted by Gasteiger charge is -2.40. The van der Waals surface area contributed by atoms with Crippen LogP contribution in [0.1, 0.15) is 50.0 Å². The molecule has 1 atom stereocenters. The van der Waals surface area contributed by atoms with Crippen molar-refractivity contribution in [3.8, 4) is 0 Å². The highest BCUT2D eigenvalue weighted by atomic mass is 16.5. The summed E-state index contributed by atoms with van der Waals surface area (Å²) in [6.45, 7) is 4.28. The van der Waals surface area contributed by atoms with Gasteiger partial charge in [-0.25, -0.2) is 0 Å². The van der Waals surface area contributed by atoms with Gasteiger partial charge in [0.2, 0.25) is 0 Å². The Balaban J connectivity index is 1.95. The minimum Gasteiger partial charge on any atom is -0.458 e. The van der Waals surface area contributed by atoms with Crippen LogP contribution >= 0.6 is 0 Å². The summed E-state index contributed by atoms with van der Waals surface area (Å²) in [5.74, 6) is 1.33. The lowest BCUT2D eigenvalue weighted by Crippen LogP contribution is -2.41. The number of aliphatic hydroxyl groups excluding tert-OH is 1. The summed E-state index contributed by atoms with van der Waals surface area (Å²) >= 11 is 0. The molecule has 0 bridgehead atoms. The van der Waals surface area contributed by atoms with Crippen LogP contribution in [0.2, 0.25) is 0 Å². The van der Waals surface area contributed by atoms with Gasteiger partial charge in [0, 0.05) is 12.5 Å². The van der Waals surface area contributed by atoms with Crippen molar-refractivity contribution in [1.29, 1.82) is 0 Å². The number of rotatable bonds is 3. The monoisotopic (exact) mass is 288 g/mol. The van der Waals surface area contributed by atoms with Gasteiger partial charge in [-0.15, -0.1) is 0 Å². The molecule has 21 heavy (non-hydrogen) atoms. The van der Waals surface area contributed by atoms with Gasteiger partial charge in [0.1, 0.15) is 23.0 Å². The summed E-state index contributed by atoms with van der Waals surface area (Å²) < 4.78 is 11.7. The summed E-state index contributed by atoms with van der Waals surface area (Å²) in [7, 11) is 1.70. The number of para-hydroxylation sites is 1. The molecular weight excluding hydrogens is 264 g/mol. The zero-order valence-corrected chi connectivity index (χ0v) is 13.1. The van der Waals surface area contributed by atoms with Gasteiger partial charge in [0.05, 0.1) is 0 Å². The van der Waals surface area contributed by atoms with E-state index in [2.05, 4.69) is 6.92 Å². The second-order valence-electron chi connectivity index (χ2n) is 6.50. The van der Waals surface area contributed by atoms with Gasteiger partial charge < -0.3 is 14.3 Å². The lowest BCUT2D eigenvalue weighted by molar-refractivity contribution is -0.136. The third-order valence-electron chi connectivity index (χ3n) is 5.06. The Hall–Kier alpha value is -1.32. The summed E-state index contributed by atoms with van der Waals surface area (Å²) in [6.07, 6.45) is 3.22. The number of aryl methyl sites for hydroxylation is 1. The average Bonchev–Trinajstić information content (AvgIpc) is 2.93. The molecule has 1 aliphatic carbocycles. The number of furan rings is 1. The van der Waals surface area contributed by atoms with Crippen LogP contribution < -0.4 is 0 Å². The van der Waals surface area contributed by atoms with Gasteiger partial charge in [0.25, 0.3) is 0 Å². The Kier molecular flexibility index (Phi) is 3.80. The van der Waals surface area contributed by atoms with Gasteiger partial charge in [0.15, 0.2) is 0 Å². The van der Waals surface area contributed by atoms with Crippen molar-refractivity contribution >= 4 is 11.0 Å². The van der Waals surface area contributed by atoms with Crippen LogP contribution in [0, 0.1) is 12.8 Å². The topological polar surface area (TPSA) is 42.6 Å². The molecule has 1 heterocycles. The van der Waals surface area contributed by atoms with Crippen LogP contribution in [0.25, 0.3) is 11.0 Å². The van der Waals surface area contributed by atoms with Crippen molar-refractivity contribution in [3.05, 3.63) is 35.6 Å². The van der Waals surface area contributed by atoms with Crippen molar-refractivity contribution in [2.24, 2.45) is 5.92 Å². The van der Waals surface area contributed by atoms with E-state index in [4.69, 9.17) is 9.15 Å². The van der Waals surface area contributed by atoms with E-state index >= 15 is 0 Å². The lowest BCUT2D eigenvalue weighted by atomic mass is 9.75. The maximum absolute atomic E-state index is 10.9. The molecule has 0 saturated heterocycles.